The number of nitrogens with zero attached hydrogens (tertiary/aromatic N) is 1. The maximum absolute atomic E-state index is 12.0. The number of urea groups is 1. The third-order valence-electron chi connectivity index (χ3n) is 3.24. The monoisotopic (exact) mass is 311 g/mol. The summed E-state index contributed by atoms with van der Waals surface area (Å²) in [5.41, 5.74) is 3.84. The Morgan fingerprint density at radius 2 is 1.94 bits per heavy atom. The molecule has 0 radical (unpaired) electrons. The molecule has 1 fully saturated rings. The largest absolute Gasteiger partial charge is 0.338 e. The van der Waals surface area contributed by atoms with Gasteiger partial charge in [0.1, 0.15) is 5.66 Å². The van der Waals surface area contributed by atoms with Crippen molar-refractivity contribution in [2.75, 3.05) is 5.01 Å². The molecule has 2 amide bonds. The number of amides is 2. The Morgan fingerprint density at radius 1 is 1.28 bits per heavy atom. The Bertz CT molecular complexity index is 434. The van der Waals surface area contributed by atoms with E-state index in [2.05, 4.69) is 40.5 Å². The van der Waals surface area contributed by atoms with Crippen LogP contribution in [0.2, 0.25) is 0 Å². The molecule has 1 aliphatic rings. The highest BCUT2D eigenvalue weighted by atomic mass is 79.9. The second-order valence-corrected chi connectivity index (χ2v) is 5.46. The predicted molar refractivity (Wildman–Crippen MR) is 76.2 cm³/mol. The van der Waals surface area contributed by atoms with Crippen LogP contribution in [-0.2, 0) is 0 Å². The fourth-order valence-electron chi connectivity index (χ4n) is 2.21. The predicted octanol–water partition coefficient (Wildman–Crippen LogP) is 3.39. The van der Waals surface area contributed by atoms with Gasteiger partial charge in [0.2, 0.25) is 0 Å². The number of rotatable bonds is 4. The highest BCUT2D eigenvalue weighted by Crippen LogP contribution is 2.25. The van der Waals surface area contributed by atoms with Gasteiger partial charge in [0.05, 0.1) is 5.69 Å². The Hall–Kier alpha value is -1.07. The highest BCUT2D eigenvalue weighted by molar-refractivity contribution is 9.10. The van der Waals surface area contributed by atoms with E-state index in [0.717, 1.165) is 29.4 Å². The minimum atomic E-state index is -0.307. The van der Waals surface area contributed by atoms with Crippen LogP contribution in [0.1, 0.15) is 33.1 Å². The number of anilines is 1. The Morgan fingerprint density at radius 3 is 2.50 bits per heavy atom. The van der Waals surface area contributed by atoms with Crippen molar-refractivity contribution in [2.45, 2.75) is 38.8 Å². The number of hydrogen-bond acceptors (Lipinski definition) is 2. The summed E-state index contributed by atoms with van der Waals surface area (Å²) < 4.78 is 1.00. The maximum Gasteiger partial charge on any atom is 0.338 e. The van der Waals surface area contributed by atoms with Crippen molar-refractivity contribution in [3.8, 4) is 0 Å². The molecule has 0 spiro atoms. The molecule has 0 saturated carbocycles. The number of hydrogen-bond donors (Lipinski definition) is 2. The first-order chi connectivity index (χ1) is 8.60. The lowest BCUT2D eigenvalue weighted by Crippen LogP contribution is -2.50. The molecule has 0 bridgehead atoms. The van der Waals surface area contributed by atoms with E-state index in [1.54, 1.807) is 5.01 Å². The summed E-state index contributed by atoms with van der Waals surface area (Å²) in [7, 11) is 0. The van der Waals surface area contributed by atoms with E-state index in [9.17, 15) is 4.79 Å². The third-order valence-corrected chi connectivity index (χ3v) is 3.77. The van der Waals surface area contributed by atoms with E-state index >= 15 is 0 Å². The molecule has 4 nitrogen and oxygen atoms in total. The van der Waals surface area contributed by atoms with Gasteiger partial charge in [0.15, 0.2) is 0 Å². The highest BCUT2D eigenvalue weighted by Gasteiger charge is 2.40. The fourth-order valence-corrected chi connectivity index (χ4v) is 2.48. The van der Waals surface area contributed by atoms with E-state index < -0.39 is 0 Å². The summed E-state index contributed by atoms with van der Waals surface area (Å²) in [5, 5.41) is 4.63. The molecule has 2 N–H and O–H groups in total. The molecule has 1 aromatic rings. The second kappa shape index (κ2) is 5.28. The van der Waals surface area contributed by atoms with Crippen LogP contribution >= 0.6 is 15.9 Å². The smallest absolute Gasteiger partial charge is 0.317 e. The van der Waals surface area contributed by atoms with E-state index in [1.165, 1.54) is 0 Å². The minimum absolute atomic E-state index is 0.0902. The Labute approximate surface area is 116 Å². The van der Waals surface area contributed by atoms with Gasteiger partial charge in [-0.2, -0.15) is 0 Å². The van der Waals surface area contributed by atoms with Gasteiger partial charge in [-0.25, -0.2) is 15.2 Å². The summed E-state index contributed by atoms with van der Waals surface area (Å²) in [6, 6.07) is 7.59. The first-order valence-electron chi connectivity index (χ1n) is 6.26. The molecule has 0 unspecified atom stereocenters. The molecule has 1 heterocycles. The van der Waals surface area contributed by atoms with Crippen molar-refractivity contribution in [1.29, 1.82) is 0 Å². The van der Waals surface area contributed by atoms with E-state index in [-0.39, 0.29) is 11.7 Å². The van der Waals surface area contributed by atoms with Gasteiger partial charge in [-0.15, -0.1) is 0 Å². The van der Waals surface area contributed by atoms with Crippen LogP contribution in [0.4, 0.5) is 10.5 Å². The average molecular weight is 312 g/mol. The van der Waals surface area contributed by atoms with Gasteiger partial charge in [0.25, 0.3) is 0 Å². The summed E-state index contributed by atoms with van der Waals surface area (Å²) in [4.78, 5) is 12.0. The van der Waals surface area contributed by atoms with Gasteiger partial charge in [-0.1, -0.05) is 36.2 Å². The molecule has 2 rings (SSSR count). The first kappa shape index (κ1) is 13.4. The number of hydrazine groups is 1. The lowest BCUT2D eigenvalue weighted by atomic mass is 10.0. The van der Waals surface area contributed by atoms with Crippen LogP contribution in [0, 0.1) is 0 Å². The molecular weight excluding hydrogens is 294 g/mol. The van der Waals surface area contributed by atoms with Crippen molar-refractivity contribution < 1.29 is 4.79 Å². The van der Waals surface area contributed by atoms with Crippen LogP contribution in [-0.4, -0.2) is 11.7 Å². The van der Waals surface area contributed by atoms with Crippen LogP contribution < -0.4 is 15.8 Å². The summed E-state index contributed by atoms with van der Waals surface area (Å²) in [6.45, 7) is 4.20. The number of nitrogens with one attached hydrogen (secondary N) is 2. The van der Waals surface area contributed by atoms with Gasteiger partial charge in [-0.05, 0) is 37.1 Å². The lowest BCUT2D eigenvalue weighted by molar-refractivity contribution is 0.242. The van der Waals surface area contributed by atoms with Crippen molar-refractivity contribution in [3.63, 3.8) is 0 Å². The van der Waals surface area contributed by atoms with E-state index in [4.69, 9.17) is 0 Å². The lowest BCUT2D eigenvalue weighted by Gasteiger charge is -2.27. The zero-order chi connectivity index (χ0) is 13.2. The molecule has 0 aromatic heterocycles. The van der Waals surface area contributed by atoms with Crippen molar-refractivity contribution in [1.82, 2.24) is 10.7 Å². The first-order valence-corrected chi connectivity index (χ1v) is 7.05. The van der Waals surface area contributed by atoms with Gasteiger partial charge < -0.3 is 5.32 Å². The third kappa shape index (κ3) is 2.52. The number of carbonyl (C=O) groups excluding carboxylic acids is 1. The Balaban J connectivity index is 2.21. The van der Waals surface area contributed by atoms with Gasteiger partial charge in [0, 0.05) is 4.47 Å². The summed E-state index contributed by atoms with van der Waals surface area (Å²) in [6.07, 6.45) is 2.80. The van der Waals surface area contributed by atoms with Crippen molar-refractivity contribution in [2.24, 2.45) is 0 Å². The quantitative estimate of drug-likeness (QED) is 0.895. The zero-order valence-corrected chi connectivity index (χ0v) is 12.3. The molecule has 18 heavy (non-hydrogen) atoms. The molecule has 1 saturated heterocycles. The van der Waals surface area contributed by atoms with Crippen LogP contribution in [0.15, 0.2) is 28.7 Å². The van der Waals surface area contributed by atoms with E-state index in [0.29, 0.717) is 0 Å². The fraction of sp³-hybridized carbons (Fsp3) is 0.462. The molecule has 1 atom stereocenters. The number of halogens is 1. The van der Waals surface area contributed by atoms with Gasteiger partial charge >= 0.3 is 6.03 Å². The number of benzene rings is 1. The average Bonchev–Trinajstić information content (AvgIpc) is 2.69. The molecule has 1 aromatic carbocycles. The van der Waals surface area contributed by atoms with Gasteiger partial charge in [-0.3, -0.25) is 0 Å². The van der Waals surface area contributed by atoms with Crippen molar-refractivity contribution >= 4 is 27.6 Å². The van der Waals surface area contributed by atoms with Crippen molar-refractivity contribution in [3.05, 3.63) is 28.7 Å². The van der Waals surface area contributed by atoms with Crippen LogP contribution in [0.5, 0.6) is 0 Å². The summed E-state index contributed by atoms with van der Waals surface area (Å²) in [5.74, 6) is 0. The topological polar surface area (TPSA) is 44.4 Å². The SMILES string of the molecule is CCC[C@]1(CC)NC(=O)N(c2ccc(Br)cc2)N1. The molecule has 98 valence electrons. The number of carbonyl (C=O) groups is 1. The zero-order valence-electron chi connectivity index (χ0n) is 10.7. The second-order valence-electron chi connectivity index (χ2n) is 4.54. The van der Waals surface area contributed by atoms with Crippen LogP contribution in [0.25, 0.3) is 0 Å². The molecule has 5 heteroatoms. The Kier molecular flexibility index (Phi) is 3.92. The standard InChI is InChI=1S/C13H18BrN3O/c1-3-9-13(4-2)15-12(18)17(16-13)11-7-5-10(14)6-8-11/h5-8,16H,3-4,9H2,1-2H3,(H,15,18)/t13-/m1/s1. The molecular formula is C13H18BrN3O. The summed E-state index contributed by atoms with van der Waals surface area (Å²) >= 11 is 3.39. The molecule has 0 aliphatic carbocycles. The van der Waals surface area contributed by atoms with E-state index in [1.807, 2.05) is 24.3 Å². The minimum Gasteiger partial charge on any atom is -0.317 e. The van der Waals surface area contributed by atoms with Crippen LogP contribution in [0.3, 0.4) is 0 Å². The maximum atomic E-state index is 12.0. The normalized spacial score (nSPS) is 23.3. The molecule has 1 aliphatic heterocycles.